The number of carbonyl (C=O) groups is 1. The zero-order valence-corrected chi connectivity index (χ0v) is 19.3. The average molecular weight is 402 g/mol. The van der Waals surface area contributed by atoms with Crippen molar-refractivity contribution in [1.82, 2.24) is 20.4 Å². The summed E-state index contributed by atoms with van der Waals surface area (Å²) in [6, 6.07) is 0. The van der Waals surface area contributed by atoms with Crippen molar-refractivity contribution in [3.8, 4) is 0 Å². The van der Waals surface area contributed by atoms with Crippen molar-refractivity contribution >= 4 is 12.1 Å². The van der Waals surface area contributed by atoms with Crippen LogP contribution in [0.5, 0.6) is 0 Å². The number of hydrogen-bond donors (Lipinski definition) is 2. The molecular weight excluding hydrogens is 358 g/mol. The van der Waals surface area contributed by atoms with E-state index in [-0.39, 0.29) is 12.0 Å². The van der Waals surface area contributed by atoms with E-state index in [1.165, 1.54) is 0 Å². The van der Waals surface area contributed by atoms with E-state index >= 15 is 0 Å². The number of guanidine groups is 1. The van der Waals surface area contributed by atoms with Crippen molar-refractivity contribution in [2.75, 3.05) is 67.1 Å². The van der Waals surface area contributed by atoms with E-state index in [0.29, 0.717) is 13.1 Å². The third-order valence-electron chi connectivity index (χ3n) is 3.87. The summed E-state index contributed by atoms with van der Waals surface area (Å²) in [5, 5.41) is 6.63. The highest BCUT2D eigenvalue weighted by Crippen LogP contribution is 2.10. The van der Waals surface area contributed by atoms with Crippen molar-refractivity contribution < 1.29 is 14.3 Å². The largest absolute Gasteiger partial charge is 0.444 e. The molecule has 0 fully saturated rings. The Morgan fingerprint density at radius 3 is 2.43 bits per heavy atom. The van der Waals surface area contributed by atoms with E-state index < -0.39 is 5.60 Å². The van der Waals surface area contributed by atoms with Crippen LogP contribution in [-0.2, 0) is 9.47 Å². The van der Waals surface area contributed by atoms with Crippen LogP contribution in [0.25, 0.3) is 0 Å². The van der Waals surface area contributed by atoms with Crippen LogP contribution in [0.15, 0.2) is 4.99 Å². The number of nitrogens with one attached hydrogen (secondary N) is 2. The second-order valence-electron chi connectivity index (χ2n) is 8.26. The Morgan fingerprint density at radius 1 is 1.18 bits per heavy atom. The minimum absolute atomic E-state index is 0.227. The molecule has 2 N–H and O–H groups in total. The summed E-state index contributed by atoms with van der Waals surface area (Å²) in [4.78, 5) is 20.6. The average Bonchev–Trinajstić information content (AvgIpc) is 2.58. The molecule has 0 spiro atoms. The fourth-order valence-electron chi connectivity index (χ4n) is 2.48. The van der Waals surface area contributed by atoms with Gasteiger partial charge in [0.15, 0.2) is 5.96 Å². The van der Waals surface area contributed by atoms with Gasteiger partial charge in [0.1, 0.15) is 5.60 Å². The summed E-state index contributed by atoms with van der Waals surface area (Å²) >= 11 is 0. The van der Waals surface area contributed by atoms with Gasteiger partial charge in [-0.2, -0.15) is 0 Å². The third kappa shape index (κ3) is 14.5. The maximum absolute atomic E-state index is 12.1. The predicted octanol–water partition coefficient (Wildman–Crippen LogP) is 2.01. The number of aliphatic imine (C=N–C) groups is 1. The van der Waals surface area contributed by atoms with Gasteiger partial charge in [0, 0.05) is 60.0 Å². The van der Waals surface area contributed by atoms with E-state index in [2.05, 4.69) is 34.5 Å². The van der Waals surface area contributed by atoms with E-state index in [4.69, 9.17) is 9.47 Å². The number of nitrogens with zero attached hydrogens (tertiary/aromatic N) is 3. The van der Waals surface area contributed by atoms with Gasteiger partial charge in [0.2, 0.25) is 0 Å². The number of hydrogen-bond acceptors (Lipinski definition) is 5. The first-order valence-corrected chi connectivity index (χ1v) is 10.2. The van der Waals surface area contributed by atoms with Crippen LogP contribution in [0.1, 0.15) is 41.0 Å². The molecule has 0 rings (SSSR count). The van der Waals surface area contributed by atoms with Crippen molar-refractivity contribution in [1.29, 1.82) is 0 Å². The smallest absolute Gasteiger partial charge is 0.410 e. The van der Waals surface area contributed by atoms with Crippen molar-refractivity contribution in [3.05, 3.63) is 0 Å². The topological polar surface area (TPSA) is 78.4 Å². The monoisotopic (exact) mass is 401 g/mol. The van der Waals surface area contributed by atoms with Crippen molar-refractivity contribution in [3.63, 3.8) is 0 Å². The number of methoxy groups -OCH3 is 1. The fourth-order valence-corrected chi connectivity index (χ4v) is 2.48. The summed E-state index contributed by atoms with van der Waals surface area (Å²) in [6.07, 6.45) is 0.731. The van der Waals surface area contributed by atoms with E-state index in [0.717, 1.165) is 45.2 Å². The molecular formula is C20H43N5O3. The van der Waals surface area contributed by atoms with Gasteiger partial charge in [0.25, 0.3) is 0 Å². The molecule has 1 atom stereocenters. The van der Waals surface area contributed by atoms with Crippen molar-refractivity contribution in [2.24, 2.45) is 10.9 Å². The van der Waals surface area contributed by atoms with Crippen LogP contribution in [0.3, 0.4) is 0 Å². The van der Waals surface area contributed by atoms with E-state index in [1.807, 2.05) is 27.7 Å². The summed E-state index contributed by atoms with van der Waals surface area (Å²) < 4.78 is 10.5. The molecule has 0 aliphatic rings. The van der Waals surface area contributed by atoms with Gasteiger partial charge >= 0.3 is 6.09 Å². The Bertz CT molecular complexity index is 452. The predicted molar refractivity (Wildman–Crippen MR) is 116 cm³/mol. The lowest BCUT2D eigenvalue weighted by molar-refractivity contribution is 0.0279. The molecule has 0 saturated carbocycles. The normalized spacial score (nSPS) is 13.4. The van der Waals surface area contributed by atoms with Gasteiger partial charge in [-0.15, -0.1) is 0 Å². The Labute approximate surface area is 172 Å². The van der Waals surface area contributed by atoms with Gasteiger partial charge in [-0.1, -0.05) is 6.92 Å². The zero-order valence-electron chi connectivity index (χ0n) is 19.3. The Hall–Kier alpha value is -1.54. The lowest BCUT2D eigenvalue weighted by Gasteiger charge is -2.26. The molecule has 0 bridgehead atoms. The molecule has 0 heterocycles. The number of likely N-dealkylation sites (N-methyl/N-ethyl adjacent to an activating group) is 1. The lowest BCUT2D eigenvalue weighted by atomic mass is 10.2. The molecule has 8 heteroatoms. The van der Waals surface area contributed by atoms with Crippen LogP contribution >= 0.6 is 0 Å². The van der Waals surface area contributed by atoms with Crippen LogP contribution < -0.4 is 10.6 Å². The maximum atomic E-state index is 12.1. The maximum Gasteiger partial charge on any atom is 0.410 e. The minimum Gasteiger partial charge on any atom is -0.444 e. The molecule has 0 aromatic heterocycles. The highest BCUT2D eigenvalue weighted by Gasteiger charge is 2.20. The van der Waals surface area contributed by atoms with Gasteiger partial charge in [-0.3, -0.25) is 4.99 Å². The molecule has 0 radical (unpaired) electrons. The first kappa shape index (κ1) is 26.5. The third-order valence-corrected chi connectivity index (χ3v) is 3.87. The first-order chi connectivity index (χ1) is 13.1. The second kappa shape index (κ2) is 14.5. The van der Waals surface area contributed by atoms with Gasteiger partial charge in [0.05, 0.1) is 0 Å². The molecule has 0 saturated heterocycles. The van der Waals surface area contributed by atoms with Gasteiger partial charge in [-0.25, -0.2) is 4.79 Å². The molecule has 1 unspecified atom stereocenters. The molecule has 28 heavy (non-hydrogen) atoms. The molecule has 166 valence electrons. The highest BCUT2D eigenvalue weighted by atomic mass is 16.6. The molecule has 0 aromatic rings. The summed E-state index contributed by atoms with van der Waals surface area (Å²) in [5.74, 6) is 1.03. The molecule has 0 aromatic carbocycles. The summed E-state index contributed by atoms with van der Waals surface area (Å²) in [6.45, 7) is 15.3. The van der Waals surface area contributed by atoms with Crippen LogP contribution in [0.2, 0.25) is 0 Å². The lowest BCUT2D eigenvalue weighted by Crippen LogP contribution is -2.41. The molecule has 8 nitrogen and oxygen atoms in total. The quantitative estimate of drug-likeness (QED) is 0.296. The first-order valence-electron chi connectivity index (χ1n) is 10.2. The molecule has 0 aliphatic heterocycles. The van der Waals surface area contributed by atoms with Gasteiger partial charge in [-0.05, 0) is 47.1 Å². The van der Waals surface area contributed by atoms with E-state index in [1.54, 1.807) is 19.1 Å². The van der Waals surface area contributed by atoms with Crippen LogP contribution in [-0.4, -0.2) is 94.5 Å². The van der Waals surface area contributed by atoms with Crippen LogP contribution in [0.4, 0.5) is 4.79 Å². The summed E-state index contributed by atoms with van der Waals surface area (Å²) in [5.41, 5.74) is -0.481. The highest BCUT2D eigenvalue weighted by molar-refractivity contribution is 5.79. The summed E-state index contributed by atoms with van der Waals surface area (Å²) in [7, 11) is 5.60. The molecule has 1 amide bonds. The SMILES string of the molecule is CCNC(=NCC(C)CN(C)C(=O)OC(C)(C)C)NCCN(C)CCCOC. The van der Waals surface area contributed by atoms with Gasteiger partial charge < -0.3 is 29.9 Å². The standard InChI is InChI=1S/C20H43N5O3/c1-9-21-18(22-11-13-24(6)12-10-14-27-8)23-15-17(2)16-25(7)19(26)28-20(3,4)5/h17H,9-16H2,1-8H3,(H2,21,22,23). The van der Waals surface area contributed by atoms with Crippen LogP contribution in [0, 0.1) is 5.92 Å². The number of carbonyl (C=O) groups excluding carboxylic acids is 1. The second-order valence-corrected chi connectivity index (χ2v) is 8.26. The fraction of sp³-hybridized carbons (Fsp3) is 0.900. The number of rotatable bonds is 12. The Balaban J connectivity index is 4.34. The number of ether oxygens (including phenoxy) is 2. The molecule has 0 aliphatic carbocycles. The number of amides is 1. The Morgan fingerprint density at radius 2 is 1.86 bits per heavy atom. The minimum atomic E-state index is -0.481. The van der Waals surface area contributed by atoms with E-state index in [9.17, 15) is 4.79 Å². The Kier molecular flexibility index (Phi) is 13.7. The van der Waals surface area contributed by atoms with Crippen molar-refractivity contribution in [2.45, 2.75) is 46.6 Å². The zero-order chi connectivity index (χ0) is 21.6.